The second-order valence-electron chi connectivity index (χ2n) is 4.94. The Morgan fingerprint density at radius 1 is 0.895 bits per heavy atom. The number of benzene rings is 2. The molecule has 0 aromatic heterocycles. The molecule has 0 saturated heterocycles. The monoisotopic (exact) mass is 264 g/mol. The number of hydrogen-bond donors (Lipinski definition) is 0. The highest BCUT2D eigenvalue weighted by molar-refractivity contribution is 6.96. The average molecular weight is 264 g/mol. The van der Waals surface area contributed by atoms with Crippen LogP contribution in [0, 0.1) is 11.5 Å². The summed E-state index contributed by atoms with van der Waals surface area (Å²) in [5.41, 5.74) is 3.87. The van der Waals surface area contributed by atoms with E-state index in [2.05, 4.69) is 36.7 Å². The fourth-order valence-corrected chi connectivity index (χ4v) is 3.40. The minimum Gasteiger partial charge on any atom is -0.279 e. The second-order valence-corrected chi connectivity index (χ2v) is 9.01. The van der Waals surface area contributed by atoms with Crippen molar-refractivity contribution in [3.63, 3.8) is 0 Å². The van der Waals surface area contributed by atoms with Crippen molar-refractivity contribution in [1.29, 1.82) is 0 Å². The fourth-order valence-electron chi connectivity index (χ4n) is 1.80. The molecule has 2 aromatic rings. The summed E-state index contributed by atoms with van der Waals surface area (Å²) in [4.78, 5) is 12.0. The Kier molecular flexibility index (Phi) is 3.99. The smallest absolute Gasteiger partial charge is 0.235 e. The molecule has 0 unspecified atom stereocenters. The van der Waals surface area contributed by atoms with Crippen LogP contribution in [0.1, 0.15) is 10.4 Å². The van der Waals surface area contributed by atoms with Gasteiger partial charge in [0.25, 0.3) is 0 Å². The zero-order chi connectivity index (χ0) is 13.7. The first-order valence-corrected chi connectivity index (χ1v) is 9.28. The lowest BCUT2D eigenvalue weighted by Gasteiger charge is -2.14. The molecule has 94 valence electrons. The molecule has 0 N–H and O–H groups in total. The number of hydrogen-bond acceptors (Lipinski definition) is 1. The van der Waals surface area contributed by atoms with Crippen LogP contribution in [0.4, 0.5) is 0 Å². The summed E-state index contributed by atoms with van der Waals surface area (Å²) in [6.45, 7) is 4.32. The first-order chi connectivity index (χ1) is 9.09. The summed E-state index contributed by atoms with van der Waals surface area (Å²) in [6, 6.07) is 19.4. The third kappa shape index (κ3) is 3.43. The van der Waals surface area contributed by atoms with Gasteiger partial charge in [0, 0.05) is 5.56 Å². The molecule has 19 heavy (non-hydrogen) atoms. The van der Waals surface area contributed by atoms with Crippen LogP contribution in [0.5, 0.6) is 0 Å². The van der Waals surface area contributed by atoms with Crippen LogP contribution in [0.2, 0.25) is 13.1 Å². The lowest BCUT2D eigenvalue weighted by atomic mass is 10.1. The maximum Gasteiger partial charge on any atom is 0.235 e. The highest BCUT2D eigenvalue weighted by Crippen LogP contribution is 2.03. The summed E-state index contributed by atoms with van der Waals surface area (Å²) >= 11 is 0. The van der Waals surface area contributed by atoms with Gasteiger partial charge in [0.15, 0.2) is 8.07 Å². The summed E-state index contributed by atoms with van der Waals surface area (Å²) < 4.78 is 0. The first-order valence-electron chi connectivity index (χ1n) is 6.28. The lowest BCUT2D eigenvalue weighted by molar-refractivity contribution is 0.105. The van der Waals surface area contributed by atoms with E-state index in [0.29, 0.717) is 5.56 Å². The van der Waals surface area contributed by atoms with E-state index in [-0.39, 0.29) is 5.78 Å². The van der Waals surface area contributed by atoms with Gasteiger partial charge >= 0.3 is 0 Å². The van der Waals surface area contributed by atoms with Gasteiger partial charge in [-0.3, -0.25) is 4.79 Å². The highest BCUT2D eigenvalue weighted by Gasteiger charge is 2.20. The Balaban J connectivity index is 2.22. The molecule has 0 spiro atoms. The van der Waals surface area contributed by atoms with Gasteiger partial charge in [-0.2, -0.15) is 0 Å². The third-order valence-electron chi connectivity index (χ3n) is 3.02. The van der Waals surface area contributed by atoms with Crippen molar-refractivity contribution < 1.29 is 4.79 Å². The first kappa shape index (κ1) is 13.3. The molecular weight excluding hydrogens is 248 g/mol. The molecule has 2 heteroatoms. The molecule has 0 atom stereocenters. The summed E-state index contributed by atoms with van der Waals surface area (Å²) in [6.07, 6.45) is 0. The van der Waals surface area contributed by atoms with Crippen molar-refractivity contribution in [1.82, 2.24) is 0 Å². The molecule has 0 radical (unpaired) electrons. The molecule has 0 fully saturated rings. The molecule has 0 aliphatic carbocycles. The molecule has 0 aliphatic rings. The Morgan fingerprint density at radius 3 is 2.00 bits per heavy atom. The number of Topliss-reactive ketones (excluding diaryl/α,β-unsaturated/α-hetero) is 1. The summed E-state index contributed by atoms with van der Waals surface area (Å²) in [5.74, 6) is 2.71. The molecule has 2 aromatic carbocycles. The van der Waals surface area contributed by atoms with Crippen LogP contribution in [0.15, 0.2) is 60.7 Å². The van der Waals surface area contributed by atoms with Crippen LogP contribution >= 0.6 is 0 Å². The molecular formula is C17H16OSi. The van der Waals surface area contributed by atoms with Crippen LogP contribution in [-0.2, 0) is 0 Å². The van der Waals surface area contributed by atoms with E-state index >= 15 is 0 Å². The molecule has 1 nitrogen and oxygen atoms in total. The Bertz CT molecular complexity index is 619. The molecule has 0 bridgehead atoms. The van der Waals surface area contributed by atoms with Gasteiger partial charge < -0.3 is 0 Å². The number of carbonyl (C=O) groups is 1. The van der Waals surface area contributed by atoms with Gasteiger partial charge in [-0.25, -0.2) is 0 Å². The number of carbonyl (C=O) groups excluding carboxylic acids is 1. The van der Waals surface area contributed by atoms with Crippen LogP contribution < -0.4 is 5.19 Å². The van der Waals surface area contributed by atoms with Gasteiger partial charge in [0.1, 0.15) is 0 Å². The molecule has 2 rings (SSSR count). The van der Waals surface area contributed by atoms with Crippen molar-refractivity contribution >= 4 is 19.0 Å². The van der Waals surface area contributed by atoms with Crippen LogP contribution in [0.25, 0.3) is 0 Å². The standard InChI is InChI=1S/C17H16OSi/c1-19(2,16-11-7-4-8-12-16)14-13-17(18)15-9-5-3-6-10-15/h3-12H,1-2H3. The molecule has 0 saturated carbocycles. The Labute approximate surface area is 115 Å². The molecule has 0 aliphatic heterocycles. The minimum atomic E-state index is -1.86. The second kappa shape index (κ2) is 5.68. The van der Waals surface area contributed by atoms with E-state index in [9.17, 15) is 4.79 Å². The van der Waals surface area contributed by atoms with Gasteiger partial charge in [0.2, 0.25) is 5.78 Å². The quantitative estimate of drug-likeness (QED) is 0.463. The Hall–Kier alpha value is -2.11. The highest BCUT2D eigenvalue weighted by atomic mass is 28.3. The van der Waals surface area contributed by atoms with Crippen LogP contribution in [-0.4, -0.2) is 13.9 Å². The summed E-state index contributed by atoms with van der Waals surface area (Å²) in [7, 11) is -1.86. The van der Waals surface area contributed by atoms with Crippen molar-refractivity contribution in [3.8, 4) is 11.5 Å². The number of rotatable bonds is 2. The predicted octanol–water partition coefficient (Wildman–Crippen LogP) is 3.03. The van der Waals surface area contributed by atoms with E-state index in [1.54, 1.807) is 12.1 Å². The zero-order valence-electron chi connectivity index (χ0n) is 11.2. The van der Waals surface area contributed by atoms with Gasteiger partial charge in [-0.05, 0) is 11.1 Å². The maximum atomic E-state index is 12.0. The predicted molar refractivity (Wildman–Crippen MR) is 82.1 cm³/mol. The normalized spacial score (nSPS) is 10.4. The van der Waals surface area contributed by atoms with E-state index in [0.717, 1.165) is 0 Å². The fraction of sp³-hybridized carbons (Fsp3) is 0.118. The number of ketones is 1. The van der Waals surface area contributed by atoms with E-state index in [1.807, 2.05) is 36.4 Å². The van der Waals surface area contributed by atoms with E-state index < -0.39 is 8.07 Å². The van der Waals surface area contributed by atoms with Crippen molar-refractivity contribution in [2.75, 3.05) is 0 Å². The Morgan fingerprint density at radius 2 is 1.42 bits per heavy atom. The van der Waals surface area contributed by atoms with E-state index in [1.165, 1.54) is 5.19 Å². The van der Waals surface area contributed by atoms with Crippen molar-refractivity contribution in [2.45, 2.75) is 13.1 Å². The topological polar surface area (TPSA) is 17.1 Å². The maximum absolute atomic E-state index is 12.0. The SMILES string of the molecule is C[Si](C)(C#CC(=O)c1ccccc1)c1ccccc1. The molecule has 0 heterocycles. The van der Waals surface area contributed by atoms with Gasteiger partial charge in [-0.15, -0.1) is 5.54 Å². The van der Waals surface area contributed by atoms with E-state index in [4.69, 9.17) is 0 Å². The lowest BCUT2D eigenvalue weighted by Crippen LogP contribution is -2.40. The molecule has 0 amide bonds. The average Bonchev–Trinajstić information content (AvgIpc) is 2.47. The summed E-state index contributed by atoms with van der Waals surface area (Å²) in [5, 5.41) is 1.25. The largest absolute Gasteiger partial charge is 0.279 e. The van der Waals surface area contributed by atoms with Gasteiger partial charge in [-0.1, -0.05) is 73.8 Å². The van der Waals surface area contributed by atoms with Crippen molar-refractivity contribution in [3.05, 3.63) is 66.2 Å². The minimum absolute atomic E-state index is 0.0999. The van der Waals surface area contributed by atoms with Crippen LogP contribution in [0.3, 0.4) is 0 Å². The van der Waals surface area contributed by atoms with Gasteiger partial charge in [0.05, 0.1) is 0 Å². The van der Waals surface area contributed by atoms with Crippen molar-refractivity contribution in [2.24, 2.45) is 0 Å². The zero-order valence-corrected chi connectivity index (χ0v) is 12.2. The third-order valence-corrected chi connectivity index (χ3v) is 5.55.